The highest BCUT2D eigenvalue weighted by Crippen LogP contribution is 2.60. The average molecular weight is 462 g/mol. The maximum Gasteiger partial charge on any atom is 0.265 e. The third-order valence-electron chi connectivity index (χ3n) is 9.67. The summed E-state index contributed by atoms with van der Waals surface area (Å²) in [5, 5.41) is 14.1. The normalized spacial score (nSPS) is 50.0. The number of carbonyl (C=O) groups excluding carboxylic acids is 2. The summed E-state index contributed by atoms with van der Waals surface area (Å²) in [7, 11) is 0. The lowest BCUT2D eigenvalue weighted by atomic mass is 9.65. The first-order chi connectivity index (χ1) is 16.4. The second-order valence-electron chi connectivity index (χ2n) is 11.5. The molecule has 6 nitrogen and oxygen atoms in total. The Morgan fingerprint density at radius 3 is 2.68 bits per heavy atom. The van der Waals surface area contributed by atoms with Crippen molar-refractivity contribution in [2.24, 2.45) is 41.4 Å². The van der Waals surface area contributed by atoms with Crippen molar-refractivity contribution in [3.05, 3.63) is 54.6 Å². The van der Waals surface area contributed by atoms with Gasteiger partial charge in [-0.25, -0.2) is 0 Å². The van der Waals surface area contributed by atoms with E-state index < -0.39 is 29.3 Å². The molecule has 8 rings (SSSR count). The zero-order valence-electron chi connectivity index (χ0n) is 19.4. The minimum atomic E-state index is -1.62. The fourth-order valence-corrected chi connectivity index (χ4v) is 8.13. The fourth-order valence-electron chi connectivity index (χ4n) is 8.13. The highest BCUT2D eigenvalue weighted by molar-refractivity contribution is 6.16. The summed E-state index contributed by atoms with van der Waals surface area (Å²) in [6.45, 7) is 6.35. The van der Waals surface area contributed by atoms with Crippen LogP contribution < -0.4 is 10.1 Å². The van der Waals surface area contributed by atoms with Gasteiger partial charge in [-0.3, -0.25) is 9.59 Å². The molecule has 2 N–H and O–H groups in total. The van der Waals surface area contributed by atoms with Crippen LogP contribution in [0.1, 0.15) is 31.7 Å². The van der Waals surface area contributed by atoms with Crippen LogP contribution in [0.2, 0.25) is 0 Å². The van der Waals surface area contributed by atoms with Gasteiger partial charge in [-0.15, -0.1) is 6.58 Å². The van der Waals surface area contributed by atoms with E-state index in [-0.39, 0.29) is 36.1 Å². The Labute approximate surface area is 199 Å². The van der Waals surface area contributed by atoms with Crippen LogP contribution in [0.25, 0.3) is 0 Å². The second kappa shape index (κ2) is 6.82. The minimum absolute atomic E-state index is 0.0676. The van der Waals surface area contributed by atoms with Gasteiger partial charge in [0, 0.05) is 24.2 Å². The third-order valence-corrected chi connectivity index (χ3v) is 9.67. The van der Waals surface area contributed by atoms with Crippen molar-refractivity contribution >= 4 is 11.7 Å². The molecule has 4 heterocycles. The van der Waals surface area contributed by atoms with Crippen molar-refractivity contribution in [1.29, 1.82) is 0 Å². The van der Waals surface area contributed by atoms with Gasteiger partial charge in [0.25, 0.3) is 5.91 Å². The lowest BCUT2D eigenvalue weighted by Gasteiger charge is -2.38. The molecule has 1 aromatic carbocycles. The van der Waals surface area contributed by atoms with Crippen LogP contribution in [0.5, 0.6) is 5.75 Å². The zero-order valence-corrected chi connectivity index (χ0v) is 19.4. The van der Waals surface area contributed by atoms with E-state index in [1.807, 2.05) is 30.3 Å². The molecule has 6 heteroatoms. The van der Waals surface area contributed by atoms with Gasteiger partial charge in [0.15, 0.2) is 17.6 Å². The molecular weight excluding hydrogens is 430 g/mol. The van der Waals surface area contributed by atoms with Crippen LogP contribution in [0.15, 0.2) is 49.1 Å². The number of carbonyl (C=O) groups is 2. The minimum Gasteiger partial charge on any atom is -0.490 e. The Bertz CT molecular complexity index is 1110. The van der Waals surface area contributed by atoms with E-state index in [0.29, 0.717) is 17.8 Å². The lowest BCUT2D eigenvalue weighted by Crippen LogP contribution is -2.51. The van der Waals surface area contributed by atoms with E-state index in [4.69, 9.17) is 9.47 Å². The molecule has 1 amide bonds. The Hall–Kier alpha value is -2.44. The molecule has 2 saturated carbocycles. The van der Waals surface area contributed by atoms with E-state index in [2.05, 4.69) is 31.0 Å². The molecule has 4 unspecified atom stereocenters. The molecule has 11 atom stereocenters. The number of fused-ring (bicyclic) bond motifs is 4. The molecule has 3 aliphatic carbocycles. The van der Waals surface area contributed by atoms with Crippen LogP contribution >= 0.6 is 0 Å². The zero-order chi connectivity index (χ0) is 23.4. The van der Waals surface area contributed by atoms with E-state index >= 15 is 0 Å². The Morgan fingerprint density at radius 1 is 1.15 bits per heavy atom. The largest absolute Gasteiger partial charge is 0.490 e. The van der Waals surface area contributed by atoms with Crippen molar-refractivity contribution in [1.82, 2.24) is 5.32 Å². The number of amides is 1. The van der Waals surface area contributed by atoms with Gasteiger partial charge in [0.2, 0.25) is 5.60 Å². The van der Waals surface area contributed by atoms with Gasteiger partial charge >= 0.3 is 0 Å². The second-order valence-corrected chi connectivity index (χ2v) is 11.5. The van der Waals surface area contributed by atoms with E-state index in [1.165, 1.54) is 0 Å². The summed E-state index contributed by atoms with van der Waals surface area (Å²) in [4.78, 5) is 27.5. The van der Waals surface area contributed by atoms with E-state index in [9.17, 15) is 14.7 Å². The lowest BCUT2D eigenvalue weighted by molar-refractivity contribution is -0.143. The Morgan fingerprint density at radius 2 is 1.94 bits per heavy atom. The van der Waals surface area contributed by atoms with Gasteiger partial charge in [0.1, 0.15) is 11.9 Å². The number of nitrogens with one attached hydrogen (secondary N) is 1. The predicted octanol–water partition coefficient (Wildman–Crippen LogP) is 2.80. The first-order valence-corrected chi connectivity index (χ1v) is 12.7. The first-order valence-electron chi connectivity index (χ1n) is 12.7. The van der Waals surface area contributed by atoms with Crippen molar-refractivity contribution in [3.8, 4) is 5.75 Å². The van der Waals surface area contributed by atoms with Crippen LogP contribution in [-0.4, -0.2) is 40.3 Å². The fraction of sp³-hybridized carbons (Fsp3) is 0.571. The standard InChI is InChI=1S/C28H31NO5/c1-3-16-7-11-18-20-12-14(2)4-10-19(20)23-22(18)21(16)24(30)28-25(34-28)27(32,29-26(28)31)13-15-5-8-17(33-23)9-6-15/h3,5-9,11,14,16,18-23,25,32H,1,4,10,12-13H2,2H3,(H,29,31)/t14-,16+,18?,19-,20+,21+,22?,23+,25?,27-,28?/m1/s1. The molecule has 0 spiro atoms. The number of aliphatic hydroxyl groups is 1. The summed E-state index contributed by atoms with van der Waals surface area (Å²) in [6.07, 6.45) is 8.76. The molecule has 0 aromatic heterocycles. The van der Waals surface area contributed by atoms with Crippen molar-refractivity contribution in [2.45, 2.75) is 56.1 Å². The summed E-state index contributed by atoms with van der Waals surface area (Å²) >= 11 is 0. The number of allylic oxidation sites excluding steroid dienone is 3. The maximum atomic E-state index is 14.3. The molecule has 2 saturated heterocycles. The van der Waals surface area contributed by atoms with Crippen LogP contribution in [-0.2, 0) is 20.7 Å². The van der Waals surface area contributed by atoms with E-state index in [1.54, 1.807) is 0 Å². The van der Waals surface area contributed by atoms with Gasteiger partial charge in [-0.05, 0) is 54.2 Å². The summed E-state index contributed by atoms with van der Waals surface area (Å²) < 4.78 is 12.6. The number of hydrogen-bond donors (Lipinski definition) is 2. The number of ketones is 1. The number of Topliss-reactive ketones (excluding diaryl/α,β-unsaturated/α-hetero) is 1. The van der Waals surface area contributed by atoms with Crippen LogP contribution in [0.4, 0.5) is 0 Å². The topological polar surface area (TPSA) is 88.2 Å². The number of epoxide rings is 1. The molecule has 4 aliphatic heterocycles. The predicted molar refractivity (Wildman–Crippen MR) is 124 cm³/mol. The Kier molecular flexibility index (Phi) is 4.19. The number of morpholine rings is 1. The van der Waals surface area contributed by atoms with Crippen LogP contribution in [0, 0.1) is 41.4 Å². The molecule has 34 heavy (non-hydrogen) atoms. The average Bonchev–Trinajstić information content (AvgIpc) is 3.48. The SMILES string of the molecule is C=C[C@H]1C=CC2C3[C@@H](Oc4ccc(cc4)C[C@]4(O)NC(=O)C5(OC54)C(=O)[C@H]31)[C@@H]1CC[C@@H](C)C[C@@H]21. The molecule has 0 radical (unpaired) electrons. The van der Waals surface area contributed by atoms with E-state index in [0.717, 1.165) is 30.6 Å². The van der Waals surface area contributed by atoms with Crippen molar-refractivity contribution < 1.29 is 24.2 Å². The summed E-state index contributed by atoms with van der Waals surface area (Å²) in [5.74, 6) is 0.977. The molecular formula is C28H31NO5. The monoisotopic (exact) mass is 461 g/mol. The van der Waals surface area contributed by atoms with Crippen molar-refractivity contribution in [3.63, 3.8) is 0 Å². The smallest absolute Gasteiger partial charge is 0.265 e. The van der Waals surface area contributed by atoms with Crippen molar-refractivity contribution in [2.75, 3.05) is 0 Å². The van der Waals surface area contributed by atoms with Gasteiger partial charge in [0.05, 0.1) is 0 Å². The van der Waals surface area contributed by atoms with Crippen LogP contribution in [0.3, 0.4) is 0 Å². The van der Waals surface area contributed by atoms with Gasteiger partial charge < -0.3 is 19.9 Å². The van der Waals surface area contributed by atoms with Gasteiger partial charge in [-0.1, -0.05) is 43.7 Å². The summed E-state index contributed by atoms with van der Waals surface area (Å²) in [5.41, 5.74) is -2.37. The maximum absolute atomic E-state index is 14.3. The number of ether oxygens (including phenoxy) is 2. The first kappa shape index (κ1) is 20.9. The molecule has 1 aromatic rings. The molecule has 4 bridgehead atoms. The highest BCUT2D eigenvalue weighted by Gasteiger charge is 2.81. The molecule has 4 fully saturated rings. The quantitative estimate of drug-likeness (QED) is 0.382. The molecule has 7 aliphatic rings. The number of rotatable bonds is 1. The van der Waals surface area contributed by atoms with Gasteiger partial charge in [-0.2, -0.15) is 0 Å². The number of hydrogen-bond acceptors (Lipinski definition) is 5. The molecule has 178 valence electrons. The summed E-state index contributed by atoms with van der Waals surface area (Å²) in [6, 6.07) is 7.75. The third kappa shape index (κ3) is 2.59. The highest BCUT2D eigenvalue weighted by atomic mass is 16.6. The Balaban J connectivity index is 1.40. The number of benzene rings is 1.